The van der Waals surface area contributed by atoms with Crippen molar-refractivity contribution in [3.8, 4) is 33.6 Å². The van der Waals surface area contributed by atoms with Crippen molar-refractivity contribution in [2.45, 2.75) is 48.7 Å². The quantitative estimate of drug-likeness (QED) is 0.0933. The number of H-pyrrole nitrogens is 2. The molecule has 2 aliphatic rings. The highest BCUT2D eigenvalue weighted by atomic mass is 35.5. The molecule has 64 heavy (non-hydrogen) atoms. The van der Waals surface area contributed by atoms with Crippen LogP contribution in [0.3, 0.4) is 0 Å². The number of nitrogens with one attached hydrogen (secondary N) is 4. The predicted molar refractivity (Wildman–Crippen MR) is 247 cm³/mol. The number of halogens is 2. The maximum Gasteiger partial charge on any atom is 0.407 e. The predicted octanol–water partition coefficient (Wildman–Crippen LogP) is 9.30. The van der Waals surface area contributed by atoms with E-state index in [2.05, 4.69) is 20.6 Å². The molecular weight excluding hydrogens is 876 g/mol. The van der Waals surface area contributed by atoms with Gasteiger partial charge >= 0.3 is 12.2 Å². The van der Waals surface area contributed by atoms with Gasteiger partial charge in [-0.05, 0) is 47.8 Å². The van der Waals surface area contributed by atoms with Gasteiger partial charge < -0.3 is 39.9 Å². The Hall–Kier alpha value is -6.29. The van der Waals surface area contributed by atoms with E-state index in [4.69, 9.17) is 42.6 Å². The lowest BCUT2D eigenvalue weighted by Gasteiger charge is -2.28. The number of ether oxygens (including phenoxy) is 2. The minimum atomic E-state index is -0.949. The molecule has 0 spiro atoms. The average molecular weight is 922 g/mol. The fourth-order valence-corrected chi connectivity index (χ4v) is 9.60. The number of hydrogen-bond donors (Lipinski definition) is 4. The van der Waals surface area contributed by atoms with E-state index in [9.17, 15) is 19.2 Å². The van der Waals surface area contributed by atoms with Crippen LogP contribution in [-0.2, 0) is 19.1 Å². The number of amides is 4. The molecule has 4 amide bonds. The lowest BCUT2D eigenvalue weighted by atomic mass is 10.0. The highest BCUT2D eigenvalue weighted by molar-refractivity contribution is 7.99. The lowest BCUT2D eigenvalue weighted by molar-refractivity contribution is -0.135. The number of carbonyl (C=O) groups excluding carboxylic acids is 4. The number of nitrogens with zero attached hydrogens (tertiary/aromatic N) is 4. The molecule has 2 fully saturated rings. The van der Waals surface area contributed by atoms with Crippen LogP contribution in [0.25, 0.3) is 33.6 Å². The third-order valence-electron chi connectivity index (χ3n) is 11.7. The maximum absolute atomic E-state index is 14.2. The van der Waals surface area contributed by atoms with Crippen LogP contribution in [-0.4, -0.2) is 92.6 Å². The van der Waals surface area contributed by atoms with Crippen molar-refractivity contribution >= 4 is 59.0 Å². The van der Waals surface area contributed by atoms with Crippen LogP contribution >= 0.6 is 35.0 Å². The largest absolute Gasteiger partial charge is 0.453 e. The molecule has 14 nitrogen and oxygen atoms in total. The van der Waals surface area contributed by atoms with Gasteiger partial charge in [0.2, 0.25) is 0 Å². The number of alkyl carbamates (subject to hydrolysis) is 2. The molecule has 0 aliphatic carbocycles. The van der Waals surface area contributed by atoms with Crippen molar-refractivity contribution in [2.75, 3.05) is 33.6 Å². The van der Waals surface area contributed by atoms with Gasteiger partial charge in [0.15, 0.2) is 0 Å². The van der Waals surface area contributed by atoms with Crippen molar-refractivity contribution < 1.29 is 28.7 Å². The molecule has 330 valence electrons. The summed E-state index contributed by atoms with van der Waals surface area (Å²) in [5.41, 5.74) is 5.94. The van der Waals surface area contributed by atoms with Crippen LogP contribution in [0.5, 0.6) is 0 Å². The van der Waals surface area contributed by atoms with E-state index in [1.807, 2.05) is 91.2 Å². The topological polar surface area (TPSA) is 175 Å². The molecule has 0 radical (unpaired) electrons. The smallest absolute Gasteiger partial charge is 0.407 e. The number of thioether (sulfide) groups is 1. The number of carbonyl (C=O) groups is 4. The van der Waals surface area contributed by atoms with Crippen molar-refractivity contribution in [3.63, 3.8) is 0 Å². The first-order chi connectivity index (χ1) is 31.1. The van der Waals surface area contributed by atoms with Crippen LogP contribution in [0.4, 0.5) is 9.59 Å². The van der Waals surface area contributed by atoms with Crippen molar-refractivity contribution in [1.29, 1.82) is 0 Å². The summed E-state index contributed by atoms with van der Waals surface area (Å²) in [6, 6.07) is 31.3. The molecule has 6 aromatic rings. The normalized spacial score (nSPS) is 18.0. The van der Waals surface area contributed by atoms with Gasteiger partial charge in [0, 0.05) is 29.5 Å². The van der Waals surface area contributed by atoms with Crippen LogP contribution < -0.4 is 10.6 Å². The monoisotopic (exact) mass is 920 g/mol. The van der Waals surface area contributed by atoms with Gasteiger partial charge in [0.1, 0.15) is 45.4 Å². The van der Waals surface area contributed by atoms with Crippen LogP contribution in [0.15, 0.2) is 109 Å². The molecule has 2 aliphatic heterocycles. The van der Waals surface area contributed by atoms with E-state index in [-0.39, 0.29) is 23.1 Å². The SMILES string of the molecule is COC(=O)NC(C(=O)N1C[C@@H](SC)C[C@H]1c1nc(-c2ccc(-c3ccc(-c4nc([C@@H]5CCCN5C(=O)[C@@H](NC(=O)OC)c5ccccc5)[nH]c4Cl)cc3)cc2)c(Cl)[nH]1)c1ccccc1. The molecule has 0 saturated carbocycles. The molecule has 4 heterocycles. The number of hydrogen-bond acceptors (Lipinski definition) is 9. The zero-order valence-electron chi connectivity index (χ0n) is 35.2. The van der Waals surface area contributed by atoms with Gasteiger partial charge in [0.25, 0.3) is 11.8 Å². The molecule has 8 rings (SSSR count). The minimum absolute atomic E-state index is 0.150. The van der Waals surface area contributed by atoms with Gasteiger partial charge in [-0.15, -0.1) is 0 Å². The number of rotatable bonds is 12. The number of methoxy groups -OCH3 is 2. The second-order valence-electron chi connectivity index (χ2n) is 15.5. The summed E-state index contributed by atoms with van der Waals surface area (Å²) < 4.78 is 9.69. The Morgan fingerprint density at radius 3 is 1.55 bits per heavy atom. The number of benzene rings is 4. The Kier molecular flexibility index (Phi) is 13.6. The Labute approximate surface area is 384 Å². The standard InChI is InChI=1S/C47H46Cl2N8O6S/c1-62-46(60)52-38(29-11-6-4-7-12-29)44(58)56-24-10-15-34(56)42-50-36(40(48)54-42)31-20-16-27(17-21-31)28-18-22-32(23-19-28)37-41(49)55-43(51-37)35-25-33(64-3)26-57(35)45(59)39(53-47(61)63-2)30-13-8-5-9-14-30/h4-9,11-14,16-23,33-35,38-39H,10,15,24-26H2,1-3H3,(H,50,54)(H,51,55)(H,52,60)(H,53,61)/t33-,34-,35-,38-,39?/m0/s1. The first kappa shape index (κ1) is 44.3. The molecule has 4 N–H and O–H groups in total. The van der Waals surface area contributed by atoms with E-state index in [1.165, 1.54) is 14.2 Å². The Morgan fingerprint density at radius 2 is 1.09 bits per heavy atom. The number of imidazole rings is 2. The molecule has 1 unspecified atom stereocenters. The summed E-state index contributed by atoms with van der Waals surface area (Å²) >= 11 is 15.3. The van der Waals surface area contributed by atoms with Crippen LogP contribution in [0, 0.1) is 0 Å². The third-order valence-corrected chi connectivity index (χ3v) is 13.3. The van der Waals surface area contributed by atoms with E-state index >= 15 is 0 Å². The summed E-state index contributed by atoms with van der Waals surface area (Å²) in [6.45, 7) is 0.967. The molecule has 4 aromatic carbocycles. The van der Waals surface area contributed by atoms with Crippen LogP contribution in [0.1, 0.15) is 66.2 Å². The fourth-order valence-electron chi connectivity index (χ4n) is 8.41. The summed E-state index contributed by atoms with van der Waals surface area (Å²) in [7, 11) is 2.53. The zero-order chi connectivity index (χ0) is 44.9. The molecule has 2 saturated heterocycles. The molecule has 2 aromatic heterocycles. The van der Waals surface area contributed by atoms with E-state index in [0.29, 0.717) is 70.4 Å². The van der Waals surface area contributed by atoms with E-state index in [1.54, 1.807) is 45.8 Å². The van der Waals surface area contributed by atoms with E-state index in [0.717, 1.165) is 28.7 Å². The first-order valence-corrected chi connectivity index (χ1v) is 22.8. The second kappa shape index (κ2) is 19.6. The average Bonchev–Trinajstić information content (AvgIpc) is 4.16. The maximum atomic E-state index is 14.2. The molecule has 17 heteroatoms. The Morgan fingerprint density at radius 1 is 0.656 bits per heavy atom. The Balaban J connectivity index is 0.973. The van der Waals surface area contributed by atoms with Gasteiger partial charge in [0.05, 0.1) is 26.3 Å². The fraction of sp³-hybridized carbons (Fsp3) is 0.277. The van der Waals surface area contributed by atoms with Gasteiger partial charge in [-0.2, -0.15) is 11.8 Å². The van der Waals surface area contributed by atoms with Crippen molar-refractivity contribution in [1.82, 2.24) is 40.4 Å². The van der Waals surface area contributed by atoms with Gasteiger partial charge in [-0.3, -0.25) is 9.59 Å². The summed E-state index contributed by atoms with van der Waals surface area (Å²) in [5, 5.41) is 6.28. The summed E-state index contributed by atoms with van der Waals surface area (Å²) in [4.78, 5) is 72.6. The zero-order valence-corrected chi connectivity index (χ0v) is 37.5. The van der Waals surface area contributed by atoms with Crippen molar-refractivity contribution in [2.24, 2.45) is 0 Å². The highest BCUT2D eigenvalue weighted by Crippen LogP contribution is 2.41. The van der Waals surface area contributed by atoms with Crippen molar-refractivity contribution in [3.05, 3.63) is 142 Å². The molecule has 0 bridgehead atoms. The van der Waals surface area contributed by atoms with Crippen LogP contribution in [0.2, 0.25) is 10.3 Å². The van der Waals surface area contributed by atoms with E-state index < -0.39 is 30.3 Å². The number of likely N-dealkylation sites (tertiary alicyclic amines) is 2. The van der Waals surface area contributed by atoms with Gasteiger partial charge in [-0.25, -0.2) is 19.6 Å². The molecule has 5 atom stereocenters. The minimum Gasteiger partial charge on any atom is -0.453 e. The summed E-state index contributed by atoms with van der Waals surface area (Å²) in [5.74, 6) is 0.597. The lowest BCUT2D eigenvalue weighted by Crippen LogP contribution is -2.43. The number of aromatic amines is 2. The summed E-state index contributed by atoms with van der Waals surface area (Å²) in [6.07, 6.45) is 2.71. The molecular formula is C47H46Cl2N8O6S. The van der Waals surface area contributed by atoms with Gasteiger partial charge in [-0.1, -0.05) is 132 Å². The highest BCUT2D eigenvalue weighted by Gasteiger charge is 2.42. The number of aromatic nitrogens is 4. The second-order valence-corrected chi connectivity index (χ2v) is 17.4. The third kappa shape index (κ3) is 9.33. The first-order valence-electron chi connectivity index (χ1n) is 20.7. The Bertz CT molecular complexity index is 2610.